The van der Waals surface area contributed by atoms with E-state index in [1.807, 2.05) is 0 Å². The Bertz CT molecular complexity index is 696. The molecule has 116 valence electrons. The number of hydrogen-bond donors (Lipinski definition) is 1. The minimum absolute atomic E-state index is 0.00502. The van der Waals surface area contributed by atoms with Crippen molar-refractivity contribution in [1.29, 1.82) is 0 Å². The molecule has 0 atom stereocenters. The van der Waals surface area contributed by atoms with Crippen LogP contribution in [-0.4, -0.2) is 40.1 Å². The highest BCUT2D eigenvalue weighted by Gasteiger charge is 2.28. The van der Waals surface area contributed by atoms with Crippen molar-refractivity contribution in [1.82, 2.24) is 9.88 Å². The third-order valence-electron chi connectivity index (χ3n) is 3.52. The molecule has 2 heterocycles. The van der Waals surface area contributed by atoms with Crippen molar-refractivity contribution in [2.45, 2.75) is 18.9 Å². The average molecular weight is 341 g/mol. The molecule has 3 rings (SSSR count). The zero-order valence-electron chi connectivity index (χ0n) is 11.6. The second kappa shape index (κ2) is 6.28. The van der Waals surface area contributed by atoms with E-state index in [0.717, 1.165) is 0 Å². The number of carbonyl (C=O) groups excluding carboxylic acids is 1. The monoisotopic (exact) mass is 340 g/mol. The third kappa shape index (κ3) is 3.27. The summed E-state index contributed by atoms with van der Waals surface area (Å²) in [6.45, 7) is 0.825. The van der Waals surface area contributed by atoms with Gasteiger partial charge < -0.3 is 14.4 Å². The van der Waals surface area contributed by atoms with Gasteiger partial charge in [-0.15, -0.1) is 0 Å². The first-order chi connectivity index (χ1) is 10.5. The number of hydrogen-bond acceptors (Lipinski definition) is 4. The molecule has 1 aliphatic heterocycles. The molecule has 0 saturated carbocycles. The van der Waals surface area contributed by atoms with E-state index in [-0.39, 0.29) is 12.0 Å². The number of carbonyl (C=O) groups is 1. The number of benzene rings is 1. The second-order valence-electron chi connectivity index (χ2n) is 5.19. The van der Waals surface area contributed by atoms with Crippen molar-refractivity contribution in [2.75, 3.05) is 13.1 Å². The van der Waals surface area contributed by atoms with Gasteiger partial charge in [0.1, 0.15) is 0 Å². The number of aliphatic hydroxyl groups excluding tert-OH is 1. The van der Waals surface area contributed by atoms with E-state index < -0.39 is 0 Å². The van der Waals surface area contributed by atoms with Gasteiger partial charge in [0.25, 0.3) is 0 Å². The van der Waals surface area contributed by atoms with Gasteiger partial charge in [-0.2, -0.15) is 0 Å². The smallest absolute Gasteiger partial charge is 0.223 e. The Kier molecular flexibility index (Phi) is 4.38. The standard InChI is InChI=1S/C15H14Cl2N2O3/c16-9-1-2-11(12(17)5-9)13-6-18-14(22-13)3-4-15(21)19-7-10(20)8-19/h1-2,5-6,10,20H,3-4,7-8H2. The fourth-order valence-electron chi connectivity index (χ4n) is 2.27. The van der Waals surface area contributed by atoms with Gasteiger partial charge in [0.15, 0.2) is 11.7 Å². The highest BCUT2D eigenvalue weighted by Crippen LogP contribution is 2.30. The van der Waals surface area contributed by atoms with Crippen LogP contribution >= 0.6 is 23.2 Å². The van der Waals surface area contributed by atoms with Crippen LogP contribution in [0, 0.1) is 0 Å². The molecule has 1 amide bonds. The summed E-state index contributed by atoms with van der Waals surface area (Å²) in [6, 6.07) is 5.13. The summed E-state index contributed by atoms with van der Waals surface area (Å²) in [7, 11) is 0. The first-order valence-electron chi connectivity index (χ1n) is 6.89. The number of aliphatic hydroxyl groups is 1. The lowest BCUT2D eigenvalue weighted by molar-refractivity contribution is -0.141. The summed E-state index contributed by atoms with van der Waals surface area (Å²) in [5.74, 6) is 1.02. The van der Waals surface area contributed by atoms with E-state index in [1.54, 1.807) is 29.3 Å². The van der Waals surface area contributed by atoms with Crippen LogP contribution in [0.25, 0.3) is 11.3 Å². The molecule has 1 aromatic heterocycles. The number of β-amino-alcohol motifs (C(OH)–C–C–N with tert-alkyl or cyclic N) is 1. The van der Waals surface area contributed by atoms with Gasteiger partial charge in [0.05, 0.1) is 17.3 Å². The van der Waals surface area contributed by atoms with Crippen molar-refractivity contribution in [3.63, 3.8) is 0 Å². The molecular formula is C15H14Cl2N2O3. The molecule has 0 spiro atoms. The SMILES string of the molecule is O=C(CCc1ncc(-c2ccc(Cl)cc2Cl)o1)N1CC(O)C1. The van der Waals surface area contributed by atoms with Gasteiger partial charge in [-0.05, 0) is 18.2 Å². The molecule has 0 unspecified atom stereocenters. The Morgan fingerprint density at radius 3 is 2.86 bits per heavy atom. The van der Waals surface area contributed by atoms with Gasteiger partial charge in [0.2, 0.25) is 5.91 Å². The van der Waals surface area contributed by atoms with Crippen molar-refractivity contribution in [2.24, 2.45) is 0 Å². The number of oxazole rings is 1. The maximum Gasteiger partial charge on any atom is 0.223 e. The van der Waals surface area contributed by atoms with Gasteiger partial charge >= 0.3 is 0 Å². The third-order valence-corrected chi connectivity index (χ3v) is 4.07. The largest absolute Gasteiger partial charge is 0.441 e. The van der Waals surface area contributed by atoms with Gasteiger partial charge in [0, 0.05) is 36.5 Å². The van der Waals surface area contributed by atoms with Gasteiger partial charge in [-0.25, -0.2) is 4.98 Å². The molecule has 0 bridgehead atoms. The summed E-state index contributed by atoms with van der Waals surface area (Å²) in [5.41, 5.74) is 0.710. The fraction of sp³-hybridized carbons (Fsp3) is 0.333. The van der Waals surface area contributed by atoms with Crippen LogP contribution in [-0.2, 0) is 11.2 Å². The molecule has 1 fully saturated rings. The van der Waals surface area contributed by atoms with E-state index in [1.165, 1.54) is 0 Å². The maximum absolute atomic E-state index is 11.8. The van der Waals surface area contributed by atoms with Crippen molar-refractivity contribution < 1.29 is 14.3 Å². The van der Waals surface area contributed by atoms with Crippen molar-refractivity contribution in [3.8, 4) is 11.3 Å². The predicted octanol–water partition coefficient (Wildman–Crippen LogP) is 2.78. The van der Waals surface area contributed by atoms with Crippen LogP contribution in [0.3, 0.4) is 0 Å². The van der Waals surface area contributed by atoms with Crippen molar-refractivity contribution >= 4 is 29.1 Å². The molecule has 1 N–H and O–H groups in total. The molecule has 0 radical (unpaired) electrons. The van der Waals surface area contributed by atoms with Crippen molar-refractivity contribution in [3.05, 3.63) is 40.3 Å². The lowest BCUT2D eigenvalue weighted by Crippen LogP contribution is -2.53. The molecule has 5 nitrogen and oxygen atoms in total. The summed E-state index contributed by atoms with van der Waals surface area (Å²) < 4.78 is 5.63. The predicted molar refractivity (Wildman–Crippen MR) is 82.9 cm³/mol. The van der Waals surface area contributed by atoms with E-state index in [2.05, 4.69) is 4.98 Å². The molecule has 2 aromatic rings. The Morgan fingerprint density at radius 1 is 1.41 bits per heavy atom. The van der Waals surface area contributed by atoms with Crippen LogP contribution in [0.5, 0.6) is 0 Å². The summed E-state index contributed by atoms with van der Waals surface area (Å²) in [5, 5.41) is 10.2. The normalized spacial score (nSPS) is 15.0. The van der Waals surface area contributed by atoms with Crippen LogP contribution in [0.15, 0.2) is 28.8 Å². The number of aromatic nitrogens is 1. The minimum Gasteiger partial charge on any atom is -0.441 e. The Hall–Kier alpha value is -1.56. The van der Waals surface area contributed by atoms with Gasteiger partial charge in [-0.1, -0.05) is 23.2 Å². The van der Waals surface area contributed by atoms with Crippen LogP contribution in [0.4, 0.5) is 0 Å². The van der Waals surface area contributed by atoms with Crippen LogP contribution in [0.1, 0.15) is 12.3 Å². The summed E-state index contributed by atoms with van der Waals surface area (Å²) in [6.07, 6.45) is 1.92. The number of aryl methyl sites for hydroxylation is 1. The van der Waals surface area contributed by atoms with E-state index >= 15 is 0 Å². The summed E-state index contributed by atoms with van der Waals surface area (Å²) in [4.78, 5) is 17.6. The molecule has 1 aliphatic rings. The molecule has 1 saturated heterocycles. The first-order valence-corrected chi connectivity index (χ1v) is 7.64. The zero-order valence-corrected chi connectivity index (χ0v) is 13.1. The Labute approximate surface area is 137 Å². The van der Waals surface area contributed by atoms with Crippen LogP contribution in [0.2, 0.25) is 10.0 Å². The Balaban J connectivity index is 1.62. The highest BCUT2D eigenvalue weighted by molar-refractivity contribution is 6.36. The molecular weight excluding hydrogens is 327 g/mol. The van der Waals surface area contributed by atoms with E-state index in [4.69, 9.17) is 27.6 Å². The lowest BCUT2D eigenvalue weighted by Gasteiger charge is -2.35. The summed E-state index contributed by atoms with van der Waals surface area (Å²) >= 11 is 12.0. The molecule has 1 aromatic carbocycles. The highest BCUT2D eigenvalue weighted by atomic mass is 35.5. The number of rotatable bonds is 4. The fourth-order valence-corrected chi connectivity index (χ4v) is 2.77. The number of nitrogens with zero attached hydrogens (tertiary/aromatic N) is 2. The minimum atomic E-state index is -0.385. The first kappa shape index (κ1) is 15.3. The number of likely N-dealkylation sites (tertiary alicyclic amines) is 1. The quantitative estimate of drug-likeness (QED) is 0.929. The molecule has 7 heteroatoms. The number of amides is 1. The van der Waals surface area contributed by atoms with E-state index in [0.29, 0.717) is 53.2 Å². The maximum atomic E-state index is 11.8. The molecule has 0 aliphatic carbocycles. The molecule has 22 heavy (non-hydrogen) atoms. The van der Waals surface area contributed by atoms with E-state index in [9.17, 15) is 9.90 Å². The second-order valence-corrected chi connectivity index (χ2v) is 6.04. The zero-order chi connectivity index (χ0) is 15.7. The van der Waals surface area contributed by atoms with Gasteiger partial charge in [-0.3, -0.25) is 4.79 Å². The lowest BCUT2D eigenvalue weighted by atomic mass is 10.1. The topological polar surface area (TPSA) is 66.6 Å². The Morgan fingerprint density at radius 2 is 2.18 bits per heavy atom. The van der Waals surface area contributed by atoms with Crippen LogP contribution < -0.4 is 0 Å². The average Bonchev–Trinajstić information content (AvgIpc) is 2.90. The number of halogens is 2.